The van der Waals surface area contributed by atoms with Crippen molar-refractivity contribution in [2.45, 2.75) is 26.7 Å². The molecule has 0 aliphatic carbocycles. The number of furan rings is 1. The first-order valence-corrected chi connectivity index (χ1v) is 13.0. The van der Waals surface area contributed by atoms with Gasteiger partial charge in [-0.05, 0) is 61.7 Å². The molecule has 0 amide bonds. The number of imidazole rings is 1. The molecule has 4 aromatic heterocycles. The predicted octanol–water partition coefficient (Wildman–Crippen LogP) is 6.29. The fourth-order valence-corrected chi connectivity index (χ4v) is 5.26. The topological polar surface area (TPSA) is 91.8 Å². The summed E-state index contributed by atoms with van der Waals surface area (Å²) in [5.41, 5.74) is 6.17. The van der Waals surface area contributed by atoms with Gasteiger partial charge in [0.15, 0.2) is 11.4 Å². The van der Waals surface area contributed by atoms with Gasteiger partial charge < -0.3 is 13.9 Å². The summed E-state index contributed by atoms with van der Waals surface area (Å²) in [6, 6.07) is 17.3. The van der Waals surface area contributed by atoms with E-state index in [-0.39, 0.29) is 5.97 Å². The number of fused-ring (bicyclic) bond motifs is 2. The van der Waals surface area contributed by atoms with Crippen molar-refractivity contribution in [2.24, 2.45) is 0 Å². The number of aryl methyl sites for hydroxylation is 3. The van der Waals surface area contributed by atoms with E-state index >= 15 is 0 Å². The zero-order valence-electron chi connectivity index (χ0n) is 21.1. The first kappa shape index (κ1) is 23.9. The molecule has 6 rings (SSSR count). The lowest BCUT2D eigenvalue weighted by atomic mass is 10.0. The van der Waals surface area contributed by atoms with Gasteiger partial charge in [0.1, 0.15) is 27.8 Å². The van der Waals surface area contributed by atoms with Crippen LogP contribution in [0.2, 0.25) is 0 Å². The molecule has 0 saturated heterocycles. The number of hydrogen-bond acceptors (Lipinski definition) is 8. The predicted molar refractivity (Wildman–Crippen MR) is 146 cm³/mol. The van der Waals surface area contributed by atoms with Crippen LogP contribution in [-0.2, 0) is 17.6 Å². The lowest BCUT2D eigenvalue weighted by Crippen LogP contribution is -2.01. The highest BCUT2D eigenvalue weighted by molar-refractivity contribution is 7.13. The van der Waals surface area contributed by atoms with E-state index in [1.807, 2.05) is 61.7 Å². The van der Waals surface area contributed by atoms with Crippen molar-refractivity contribution in [1.82, 2.24) is 19.6 Å². The largest absolute Gasteiger partial charge is 0.497 e. The molecule has 0 N–H and O–H groups in total. The Morgan fingerprint density at radius 2 is 1.95 bits per heavy atom. The second kappa shape index (κ2) is 9.75. The van der Waals surface area contributed by atoms with Crippen LogP contribution < -0.4 is 9.47 Å². The van der Waals surface area contributed by atoms with Crippen molar-refractivity contribution < 1.29 is 18.7 Å². The molecule has 0 bridgehead atoms. The van der Waals surface area contributed by atoms with Crippen LogP contribution in [0.1, 0.15) is 23.9 Å². The Kier molecular flexibility index (Phi) is 6.13. The first-order chi connectivity index (χ1) is 18.4. The number of hydrogen-bond donors (Lipinski definition) is 0. The molecule has 0 radical (unpaired) electrons. The second-order valence-electron chi connectivity index (χ2n) is 8.98. The van der Waals surface area contributed by atoms with Crippen LogP contribution in [0.5, 0.6) is 11.5 Å². The number of benzene rings is 2. The van der Waals surface area contributed by atoms with Crippen LogP contribution >= 0.6 is 11.3 Å². The van der Waals surface area contributed by atoms with Crippen molar-refractivity contribution in [3.8, 4) is 33.5 Å². The average molecular weight is 525 g/mol. The van der Waals surface area contributed by atoms with E-state index in [1.165, 1.54) is 6.92 Å². The summed E-state index contributed by atoms with van der Waals surface area (Å²) in [5.74, 6) is 1.59. The summed E-state index contributed by atoms with van der Waals surface area (Å²) < 4.78 is 18.7. The summed E-state index contributed by atoms with van der Waals surface area (Å²) in [6.07, 6.45) is 3.39. The van der Waals surface area contributed by atoms with E-state index in [0.717, 1.165) is 68.4 Å². The molecule has 0 spiro atoms. The fraction of sp³-hybridized carbons (Fsp3) is 0.172. The third-order valence-corrected chi connectivity index (χ3v) is 7.12. The van der Waals surface area contributed by atoms with Gasteiger partial charge in [-0.25, -0.2) is 14.5 Å². The number of nitrogens with zero attached hydrogens (tertiary/aromatic N) is 4. The molecule has 0 unspecified atom stereocenters. The molecule has 0 aliphatic rings. The zero-order chi connectivity index (χ0) is 26.2. The molecular weight excluding hydrogens is 500 g/mol. The van der Waals surface area contributed by atoms with Gasteiger partial charge in [-0.2, -0.15) is 5.10 Å². The molecule has 190 valence electrons. The van der Waals surface area contributed by atoms with Crippen molar-refractivity contribution >= 4 is 33.9 Å². The maximum Gasteiger partial charge on any atom is 0.308 e. The molecule has 6 aromatic rings. The highest BCUT2D eigenvalue weighted by Crippen LogP contribution is 2.34. The zero-order valence-corrected chi connectivity index (χ0v) is 21.9. The van der Waals surface area contributed by atoms with Gasteiger partial charge in [0.2, 0.25) is 0 Å². The number of methoxy groups -OCH3 is 1. The van der Waals surface area contributed by atoms with Crippen LogP contribution in [-0.4, -0.2) is 32.7 Å². The molecule has 0 aliphatic heterocycles. The van der Waals surface area contributed by atoms with Crippen molar-refractivity contribution in [3.05, 3.63) is 83.1 Å². The normalized spacial score (nSPS) is 11.3. The lowest BCUT2D eigenvalue weighted by molar-refractivity contribution is -0.131. The number of ether oxygens (including phenoxy) is 2. The van der Waals surface area contributed by atoms with Gasteiger partial charge in [-0.1, -0.05) is 12.1 Å². The van der Waals surface area contributed by atoms with E-state index in [9.17, 15) is 4.79 Å². The Morgan fingerprint density at radius 1 is 1.05 bits per heavy atom. The van der Waals surface area contributed by atoms with Crippen LogP contribution in [0.4, 0.5) is 0 Å². The highest BCUT2D eigenvalue weighted by atomic mass is 32.1. The third kappa shape index (κ3) is 4.76. The molecule has 8 nitrogen and oxygen atoms in total. The summed E-state index contributed by atoms with van der Waals surface area (Å²) in [6.45, 7) is 3.34. The minimum Gasteiger partial charge on any atom is -0.497 e. The minimum absolute atomic E-state index is 0.345. The van der Waals surface area contributed by atoms with E-state index in [1.54, 1.807) is 29.0 Å². The number of esters is 1. The summed E-state index contributed by atoms with van der Waals surface area (Å²) in [7, 11) is 1.65. The summed E-state index contributed by atoms with van der Waals surface area (Å²) in [4.78, 5) is 20.8. The van der Waals surface area contributed by atoms with E-state index in [2.05, 4.69) is 15.5 Å². The number of aromatic nitrogens is 4. The number of carbonyl (C=O) groups is 1. The molecule has 2 aromatic carbocycles. The monoisotopic (exact) mass is 524 g/mol. The molecule has 4 heterocycles. The molecule has 0 saturated carbocycles. The second-order valence-corrected chi connectivity index (χ2v) is 9.84. The average Bonchev–Trinajstić information content (AvgIpc) is 3.64. The van der Waals surface area contributed by atoms with Gasteiger partial charge >= 0.3 is 5.97 Å². The van der Waals surface area contributed by atoms with Crippen LogP contribution in [0.15, 0.2) is 70.6 Å². The number of rotatable bonds is 7. The maximum absolute atomic E-state index is 11.3. The fourth-order valence-electron chi connectivity index (χ4n) is 4.41. The smallest absolute Gasteiger partial charge is 0.308 e. The Morgan fingerprint density at radius 3 is 2.79 bits per heavy atom. The van der Waals surface area contributed by atoms with Crippen molar-refractivity contribution in [1.29, 1.82) is 0 Å². The van der Waals surface area contributed by atoms with Crippen LogP contribution in [0.25, 0.3) is 38.6 Å². The third-order valence-electron chi connectivity index (χ3n) is 6.18. The van der Waals surface area contributed by atoms with Crippen LogP contribution in [0.3, 0.4) is 0 Å². The minimum atomic E-state index is -0.345. The molecule has 38 heavy (non-hydrogen) atoms. The SMILES string of the molecule is COc1cc(CCc2csc(-c3cccc(OC(C)=O)c3)n2)c2cc(-c3cn4nc(C)ccc4n3)oc2c1. The highest BCUT2D eigenvalue weighted by Gasteiger charge is 2.16. The molecular formula is C29H24N4O4S. The Bertz CT molecular complexity index is 1800. The molecule has 9 heteroatoms. The van der Waals surface area contributed by atoms with Crippen molar-refractivity contribution in [2.75, 3.05) is 7.11 Å². The standard InChI is InChI=1S/C29H24N4O4S/c1-17-7-10-28-31-25(15-33(28)32-17)27-14-24-19(11-23(35-3)13-26(24)37-27)8-9-21-16-38-29(30-21)20-5-4-6-22(12-20)36-18(2)34/h4-7,10-16H,8-9H2,1-3H3. The van der Waals surface area contributed by atoms with Gasteiger partial charge in [0.25, 0.3) is 0 Å². The van der Waals surface area contributed by atoms with Gasteiger partial charge in [0, 0.05) is 29.3 Å². The molecule has 0 fully saturated rings. The quantitative estimate of drug-likeness (QED) is 0.179. The Balaban J connectivity index is 1.27. The maximum atomic E-state index is 11.3. The Hall–Kier alpha value is -4.50. The van der Waals surface area contributed by atoms with E-state index < -0.39 is 0 Å². The van der Waals surface area contributed by atoms with Crippen molar-refractivity contribution in [3.63, 3.8) is 0 Å². The van der Waals surface area contributed by atoms with E-state index in [0.29, 0.717) is 11.5 Å². The lowest BCUT2D eigenvalue weighted by Gasteiger charge is -2.06. The number of thiazole rings is 1. The Labute approximate surface area is 222 Å². The van der Waals surface area contributed by atoms with Crippen LogP contribution in [0, 0.1) is 6.92 Å². The van der Waals surface area contributed by atoms with Gasteiger partial charge in [-0.3, -0.25) is 4.79 Å². The van der Waals surface area contributed by atoms with Gasteiger partial charge in [-0.15, -0.1) is 11.3 Å². The molecule has 0 atom stereocenters. The van der Waals surface area contributed by atoms with Gasteiger partial charge in [0.05, 0.1) is 24.7 Å². The number of carbonyl (C=O) groups excluding carboxylic acids is 1. The summed E-state index contributed by atoms with van der Waals surface area (Å²) >= 11 is 1.57. The van der Waals surface area contributed by atoms with E-state index in [4.69, 9.17) is 18.9 Å². The summed E-state index contributed by atoms with van der Waals surface area (Å²) in [5, 5.41) is 8.46. The first-order valence-electron chi connectivity index (χ1n) is 12.1.